The van der Waals surface area contributed by atoms with Crippen molar-refractivity contribution in [2.24, 2.45) is 0 Å². The smallest absolute Gasteiger partial charge is 0.258 e. The van der Waals surface area contributed by atoms with Crippen LogP contribution in [0, 0.1) is 0 Å². The molecule has 1 fully saturated rings. The van der Waals surface area contributed by atoms with Gasteiger partial charge in [0.15, 0.2) is 0 Å². The zero-order chi connectivity index (χ0) is 22.9. The molecule has 172 valence electrons. The normalized spacial score (nSPS) is 14.4. The Labute approximate surface area is 192 Å². The molecule has 1 aliphatic carbocycles. The van der Waals surface area contributed by atoms with Crippen LogP contribution in [0.2, 0.25) is 0 Å². The molecule has 0 heterocycles. The SMILES string of the molecule is CCN(CC)CCNC(=O)c1ccc(N(C)C(=O)c2ccc(C3CCCCC3)cc2)cc1. The predicted octanol–water partition coefficient (Wildman–Crippen LogP) is 5.08. The summed E-state index contributed by atoms with van der Waals surface area (Å²) in [4.78, 5) is 29.3. The Morgan fingerprint density at radius 3 is 2.06 bits per heavy atom. The summed E-state index contributed by atoms with van der Waals surface area (Å²) >= 11 is 0. The number of benzene rings is 2. The minimum Gasteiger partial charge on any atom is -0.351 e. The lowest BCUT2D eigenvalue weighted by molar-refractivity contribution is 0.0948. The van der Waals surface area contributed by atoms with Crippen LogP contribution in [0.4, 0.5) is 5.69 Å². The van der Waals surface area contributed by atoms with Crippen LogP contribution in [-0.2, 0) is 0 Å². The van der Waals surface area contributed by atoms with Gasteiger partial charge in [-0.3, -0.25) is 9.59 Å². The number of likely N-dealkylation sites (N-methyl/N-ethyl adjacent to an activating group) is 1. The number of nitrogens with zero attached hydrogens (tertiary/aromatic N) is 2. The molecule has 2 amide bonds. The molecule has 3 rings (SSSR count). The highest BCUT2D eigenvalue weighted by molar-refractivity contribution is 6.06. The fourth-order valence-electron chi connectivity index (χ4n) is 4.45. The van der Waals surface area contributed by atoms with Crippen molar-refractivity contribution in [3.8, 4) is 0 Å². The molecule has 0 saturated heterocycles. The van der Waals surface area contributed by atoms with Gasteiger partial charge in [0.1, 0.15) is 0 Å². The number of carbonyl (C=O) groups is 2. The van der Waals surface area contributed by atoms with Crippen molar-refractivity contribution >= 4 is 17.5 Å². The van der Waals surface area contributed by atoms with Gasteiger partial charge in [0, 0.05) is 37.0 Å². The van der Waals surface area contributed by atoms with E-state index in [1.54, 1.807) is 24.1 Å². The maximum Gasteiger partial charge on any atom is 0.258 e. The topological polar surface area (TPSA) is 52.7 Å². The minimum absolute atomic E-state index is 0.0448. The third kappa shape index (κ3) is 6.19. The quantitative estimate of drug-likeness (QED) is 0.597. The van der Waals surface area contributed by atoms with Crippen molar-refractivity contribution in [1.82, 2.24) is 10.2 Å². The fraction of sp³-hybridized carbons (Fsp3) is 0.481. The summed E-state index contributed by atoms with van der Waals surface area (Å²) in [6.45, 7) is 7.65. The fourth-order valence-corrected chi connectivity index (χ4v) is 4.45. The summed E-state index contributed by atoms with van der Waals surface area (Å²) < 4.78 is 0. The number of anilines is 1. The zero-order valence-electron chi connectivity index (χ0n) is 19.8. The summed E-state index contributed by atoms with van der Waals surface area (Å²) in [5.41, 5.74) is 3.41. The Bertz CT molecular complexity index is 867. The van der Waals surface area contributed by atoms with Crippen LogP contribution < -0.4 is 10.2 Å². The largest absolute Gasteiger partial charge is 0.351 e. The highest BCUT2D eigenvalue weighted by atomic mass is 16.2. The van der Waals surface area contributed by atoms with Crippen molar-refractivity contribution in [1.29, 1.82) is 0 Å². The average molecular weight is 436 g/mol. The lowest BCUT2D eigenvalue weighted by Gasteiger charge is -2.22. The summed E-state index contributed by atoms with van der Waals surface area (Å²) in [6.07, 6.45) is 6.45. The molecule has 0 unspecified atom stereocenters. The molecular weight excluding hydrogens is 398 g/mol. The van der Waals surface area contributed by atoms with Crippen molar-refractivity contribution in [2.45, 2.75) is 51.9 Å². The first kappa shape index (κ1) is 24.0. The van der Waals surface area contributed by atoms with Crippen molar-refractivity contribution < 1.29 is 9.59 Å². The Morgan fingerprint density at radius 1 is 0.875 bits per heavy atom. The van der Waals surface area contributed by atoms with Crippen molar-refractivity contribution in [3.05, 3.63) is 65.2 Å². The summed E-state index contributed by atoms with van der Waals surface area (Å²) in [5.74, 6) is 0.504. The van der Waals surface area contributed by atoms with Gasteiger partial charge in [0.25, 0.3) is 11.8 Å². The minimum atomic E-state index is -0.0870. The molecule has 0 bridgehead atoms. The van der Waals surface area contributed by atoms with E-state index in [-0.39, 0.29) is 11.8 Å². The van der Waals surface area contributed by atoms with Gasteiger partial charge >= 0.3 is 0 Å². The van der Waals surface area contributed by atoms with E-state index >= 15 is 0 Å². The van der Waals surface area contributed by atoms with E-state index < -0.39 is 0 Å². The van der Waals surface area contributed by atoms with Gasteiger partial charge in [-0.15, -0.1) is 0 Å². The second kappa shape index (κ2) is 11.8. The van der Waals surface area contributed by atoms with Crippen molar-refractivity contribution in [3.63, 3.8) is 0 Å². The third-order valence-corrected chi connectivity index (χ3v) is 6.66. The van der Waals surface area contributed by atoms with E-state index in [4.69, 9.17) is 0 Å². The Kier molecular flexibility index (Phi) is 8.86. The molecule has 5 heteroatoms. The molecular formula is C27H37N3O2. The predicted molar refractivity (Wildman–Crippen MR) is 132 cm³/mol. The van der Waals surface area contributed by atoms with Gasteiger partial charge < -0.3 is 15.1 Å². The van der Waals surface area contributed by atoms with Gasteiger partial charge in [0.05, 0.1) is 0 Å². The number of rotatable bonds is 9. The van der Waals surface area contributed by atoms with Gasteiger partial charge in [-0.05, 0) is 73.8 Å². The van der Waals surface area contributed by atoms with E-state index in [1.807, 2.05) is 24.3 Å². The second-order valence-corrected chi connectivity index (χ2v) is 8.65. The summed E-state index contributed by atoms with van der Waals surface area (Å²) in [7, 11) is 1.77. The average Bonchev–Trinajstić information content (AvgIpc) is 2.86. The molecule has 0 aromatic heterocycles. The number of amides is 2. The molecule has 2 aromatic rings. The molecule has 2 aromatic carbocycles. The monoisotopic (exact) mass is 435 g/mol. The number of hydrogen-bond acceptors (Lipinski definition) is 3. The molecule has 5 nitrogen and oxygen atoms in total. The van der Waals surface area contributed by atoms with Crippen LogP contribution in [0.1, 0.15) is 78.1 Å². The zero-order valence-corrected chi connectivity index (χ0v) is 19.8. The summed E-state index contributed by atoms with van der Waals surface area (Å²) in [6, 6.07) is 15.3. The molecule has 0 radical (unpaired) electrons. The first-order valence-corrected chi connectivity index (χ1v) is 12.0. The molecule has 0 atom stereocenters. The molecule has 0 aliphatic heterocycles. The summed E-state index contributed by atoms with van der Waals surface area (Å²) in [5, 5.41) is 2.97. The van der Waals surface area contributed by atoms with E-state index in [0.29, 0.717) is 23.6 Å². The molecule has 1 aliphatic rings. The van der Waals surface area contributed by atoms with Gasteiger partial charge in [-0.2, -0.15) is 0 Å². The van der Waals surface area contributed by atoms with Crippen LogP contribution in [0.3, 0.4) is 0 Å². The number of nitrogens with one attached hydrogen (secondary N) is 1. The highest BCUT2D eigenvalue weighted by Crippen LogP contribution is 2.32. The van der Waals surface area contributed by atoms with Crippen LogP contribution in [0.5, 0.6) is 0 Å². The molecule has 1 saturated carbocycles. The Morgan fingerprint density at radius 2 is 1.47 bits per heavy atom. The van der Waals surface area contributed by atoms with Crippen molar-refractivity contribution in [2.75, 3.05) is 38.1 Å². The van der Waals surface area contributed by atoms with E-state index in [9.17, 15) is 9.59 Å². The number of hydrogen-bond donors (Lipinski definition) is 1. The first-order valence-electron chi connectivity index (χ1n) is 12.0. The van der Waals surface area contributed by atoms with E-state index in [1.165, 1.54) is 37.7 Å². The molecule has 0 spiro atoms. The lowest BCUT2D eigenvalue weighted by atomic mass is 9.84. The van der Waals surface area contributed by atoms with Gasteiger partial charge in [-0.1, -0.05) is 45.2 Å². The molecule has 1 N–H and O–H groups in total. The van der Waals surface area contributed by atoms with Gasteiger partial charge in [-0.25, -0.2) is 0 Å². The van der Waals surface area contributed by atoms with Crippen LogP contribution >= 0.6 is 0 Å². The van der Waals surface area contributed by atoms with Crippen LogP contribution in [0.25, 0.3) is 0 Å². The third-order valence-electron chi connectivity index (χ3n) is 6.66. The van der Waals surface area contributed by atoms with Crippen LogP contribution in [0.15, 0.2) is 48.5 Å². The first-order chi connectivity index (χ1) is 15.5. The van der Waals surface area contributed by atoms with Crippen LogP contribution in [-0.4, -0.2) is 49.9 Å². The Balaban J connectivity index is 1.56. The van der Waals surface area contributed by atoms with E-state index in [2.05, 4.69) is 36.2 Å². The van der Waals surface area contributed by atoms with Gasteiger partial charge in [0.2, 0.25) is 0 Å². The maximum absolute atomic E-state index is 13.0. The maximum atomic E-state index is 13.0. The lowest BCUT2D eigenvalue weighted by Crippen LogP contribution is -2.34. The second-order valence-electron chi connectivity index (χ2n) is 8.65. The molecule has 32 heavy (non-hydrogen) atoms. The Hall–Kier alpha value is -2.66. The standard InChI is InChI=1S/C27H37N3O2/c1-4-30(5-2)20-19-28-26(31)23-15-17-25(18-16-23)29(3)27(32)24-13-11-22(12-14-24)21-9-7-6-8-10-21/h11-18,21H,4-10,19-20H2,1-3H3,(H,28,31). The van der Waals surface area contributed by atoms with E-state index in [0.717, 1.165) is 25.3 Å². The highest BCUT2D eigenvalue weighted by Gasteiger charge is 2.18. The number of carbonyl (C=O) groups excluding carboxylic acids is 2.